The largest absolute Gasteiger partial charge is 0.492 e. The van der Waals surface area contributed by atoms with Gasteiger partial charge in [0.05, 0.1) is 12.2 Å². The molecule has 1 saturated heterocycles. The van der Waals surface area contributed by atoms with Crippen LogP contribution in [0.3, 0.4) is 0 Å². The molecule has 5 heteroatoms. The van der Waals surface area contributed by atoms with Gasteiger partial charge in [0.15, 0.2) is 0 Å². The van der Waals surface area contributed by atoms with Gasteiger partial charge in [0.1, 0.15) is 5.75 Å². The van der Waals surface area contributed by atoms with E-state index in [0.29, 0.717) is 43.5 Å². The molecule has 25 heavy (non-hydrogen) atoms. The molecule has 136 valence electrons. The van der Waals surface area contributed by atoms with Crippen molar-refractivity contribution in [3.63, 3.8) is 0 Å². The van der Waals surface area contributed by atoms with E-state index in [-0.39, 0.29) is 17.7 Å². The second kappa shape index (κ2) is 7.89. The highest BCUT2D eigenvalue weighted by Gasteiger charge is 2.26. The number of benzene rings is 1. The van der Waals surface area contributed by atoms with Crippen LogP contribution in [0, 0.1) is 11.8 Å². The van der Waals surface area contributed by atoms with E-state index in [9.17, 15) is 9.59 Å². The standard InChI is InChI=1S/C20H28N2O3/c1-15(2)19(23)21-10-5-11-22(13-12-21)20(24)17-6-3-4-7-18(17)25-14-16-8-9-16/h3-4,6-7,15-16H,5,8-14H2,1-2H3. The van der Waals surface area contributed by atoms with Crippen LogP contribution in [0.5, 0.6) is 5.75 Å². The third-order valence-corrected chi connectivity index (χ3v) is 4.88. The number of amides is 2. The van der Waals surface area contributed by atoms with Gasteiger partial charge in [-0.25, -0.2) is 0 Å². The van der Waals surface area contributed by atoms with E-state index < -0.39 is 0 Å². The zero-order chi connectivity index (χ0) is 17.8. The fourth-order valence-electron chi connectivity index (χ4n) is 3.14. The van der Waals surface area contributed by atoms with E-state index in [2.05, 4.69) is 0 Å². The molecule has 0 unspecified atom stereocenters. The van der Waals surface area contributed by atoms with Gasteiger partial charge in [0.25, 0.3) is 5.91 Å². The summed E-state index contributed by atoms with van der Waals surface area (Å²) in [7, 11) is 0. The Morgan fingerprint density at radius 2 is 1.76 bits per heavy atom. The highest BCUT2D eigenvalue weighted by molar-refractivity contribution is 5.97. The predicted octanol–water partition coefficient (Wildman–Crippen LogP) is 2.81. The molecule has 0 N–H and O–H groups in total. The first-order valence-electron chi connectivity index (χ1n) is 9.36. The molecule has 1 heterocycles. The minimum atomic E-state index is -0.00111. The fraction of sp³-hybridized carbons (Fsp3) is 0.600. The van der Waals surface area contributed by atoms with Gasteiger partial charge in [0, 0.05) is 32.1 Å². The molecule has 0 atom stereocenters. The summed E-state index contributed by atoms with van der Waals surface area (Å²) in [6.45, 7) is 7.12. The predicted molar refractivity (Wildman–Crippen MR) is 96.6 cm³/mol. The lowest BCUT2D eigenvalue weighted by atomic mass is 10.1. The van der Waals surface area contributed by atoms with Gasteiger partial charge in [-0.1, -0.05) is 26.0 Å². The number of carbonyl (C=O) groups is 2. The molecule has 2 aliphatic rings. The topological polar surface area (TPSA) is 49.9 Å². The fourth-order valence-corrected chi connectivity index (χ4v) is 3.14. The summed E-state index contributed by atoms with van der Waals surface area (Å²) in [4.78, 5) is 28.9. The van der Waals surface area contributed by atoms with Gasteiger partial charge >= 0.3 is 0 Å². The van der Waals surface area contributed by atoms with E-state index in [1.165, 1.54) is 12.8 Å². The average Bonchev–Trinajstić information content (AvgIpc) is 3.45. The highest BCUT2D eigenvalue weighted by atomic mass is 16.5. The smallest absolute Gasteiger partial charge is 0.257 e. The summed E-state index contributed by atoms with van der Waals surface area (Å²) in [5, 5.41) is 0. The first-order chi connectivity index (χ1) is 12.1. The van der Waals surface area contributed by atoms with Crippen LogP contribution in [0.15, 0.2) is 24.3 Å². The van der Waals surface area contributed by atoms with Crippen molar-refractivity contribution in [1.29, 1.82) is 0 Å². The Bertz CT molecular complexity index is 625. The van der Waals surface area contributed by atoms with Crippen LogP contribution in [-0.2, 0) is 4.79 Å². The summed E-state index contributed by atoms with van der Waals surface area (Å²) in [6.07, 6.45) is 3.26. The third-order valence-electron chi connectivity index (χ3n) is 4.88. The molecule has 3 rings (SSSR count). The zero-order valence-corrected chi connectivity index (χ0v) is 15.2. The number of nitrogens with zero attached hydrogens (tertiary/aromatic N) is 2. The highest BCUT2D eigenvalue weighted by Crippen LogP contribution is 2.30. The van der Waals surface area contributed by atoms with Crippen molar-refractivity contribution in [1.82, 2.24) is 9.80 Å². The number of carbonyl (C=O) groups excluding carboxylic acids is 2. The number of hydrogen-bond acceptors (Lipinski definition) is 3. The van der Waals surface area contributed by atoms with Crippen LogP contribution < -0.4 is 4.74 Å². The minimum Gasteiger partial charge on any atom is -0.492 e. The van der Waals surface area contributed by atoms with Gasteiger partial charge in [-0.2, -0.15) is 0 Å². The molecule has 1 aliphatic heterocycles. The van der Waals surface area contributed by atoms with Crippen LogP contribution in [0.4, 0.5) is 0 Å². The molecule has 0 radical (unpaired) electrons. The summed E-state index contributed by atoms with van der Waals surface area (Å²) in [5.74, 6) is 1.50. The maximum absolute atomic E-state index is 13.0. The van der Waals surface area contributed by atoms with E-state index >= 15 is 0 Å². The van der Waals surface area contributed by atoms with Gasteiger partial charge in [0.2, 0.25) is 5.91 Å². The maximum Gasteiger partial charge on any atom is 0.257 e. The van der Waals surface area contributed by atoms with E-state index in [0.717, 1.165) is 13.0 Å². The molecule has 1 saturated carbocycles. The van der Waals surface area contributed by atoms with Crippen molar-refractivity contribution in [2.75, 3.05) is 32.8 Å². The molecule has 5 nitrogen and oxygen atoms in total. The van der Waals surface area contributed by atoms with E-state index in [4.69, 9.17) is 4.74 Å². The summed E-state index contributed by atoms with van der Waals surface area (Å²) < 4.78 is 5.88. The third kappa shape index (κ3) is 4.53. The number of para-hydroxylation sites is 1. The van der Waals surface area contributed by atoms with Gasteiger partial charge in [-0.3, -0.25) is 9.59 Å². The lowest BCUT2D eigenvalue weighted by molar-refractivity contribution is -0.134. The Morgan fingerprint density at radius 3 is 2.48 bits per heavy atom. The summed E-state index contributed by atoms with van der Waals surface area (Å²) in [5.41, 5.74) is 0.631. The molecular weight excluding hydrogens is 316 g/mol. The number of hydrogen-bond donors (Lipinski definition) is 0. The van der Waals surface area contributed by atoms with Crippen molar-refractivity contribution in [2.24, 2.45) is 11.8 Å². The normalized spacial score (nSPS) is 18.2. The van der Waals surface area contributed by atoms with Crippen LogP contribution in [-0.4, -0.2) is 54.4 Å². The Kier molecular flexibility index (Phi) is 5.61. The van der Waals surface area contributed by atoms with E-state index in [1.54, 1.807) is 0 Å². The van der Waals surface area contributed by atoms with Crippen LogP contribution in [0.1, 0.15) is 43.5 Å². The van der Waals surface area contributed by atoms with Crippen molar-refractivity contribution in [3.05, 3.63) is 29.8 Å². The number of rotatable bonds is 5. The lowest BCUT2D eigenvalue weighted by Gasteiger charge is -2.24. The first-order valence-corrected chi connectivity index (χ1v) is 9.36. The van der Waals surface area contributed by atoms with Crippen molar-refractivity contribution in [3.8, 4) is 5.75 Å². The summed E-state index contributed by atoms with van der Waals surface area (Å²) in [6, 6.07) is 7.50. The molecular formula is C20H28N2O3. The van der Waals surface area contributed by atoms with Crippen LogP contribution in [0.25, 0.3) is 0 Å². The van der Waals surface area contributed by atoms with Crippen molar-refractivity contribution in [2.45, 2.75) is 33.1 Å². The van der Waals surface area contributed by atoms with Crippen LogP contribution in [0.2, 0.25) is 0 Å². The Balaban J connectivity index is 1.65. The molecule has 0 aromatic heterocycles. The molecule has 1 aliphatic carbocycles. The van der Waals surface area contributed by atoms with Crippen molar-refractivity contribution >= 4 is 11.8 Å². The summed E-state index contributed by atoms with van der Waals surface area (Å²) >= 11 is 0. The molecule has 2 fully saturated rings. The van der Waals surface area contributed by atoms with Gasteiger partial charge in [-0.05, 0) is 37.3 Å². The van der Waals surface area contributed by atoms with Crippen molar-refractivity contribution < 1.29 is 14.3 Å². The zero-order valence-electron chi connectivity index (χ0n) is 15.2. The van der Waals surface area contributed by atoms with Crippen LogP contribution >= 0.6 is 0 Å². The Morgan fingerprint density at radius 1 is 1.08 bits per heavy atom. The molecule has 2 amide bonds. The number of ether oxygens (including phenoxy) is 1. The average molecular weight is 344 g/mol. The lowest BCUT2D eigenvalue weighted by Crippen LogP contribution is -2.39. The van der Waals surface area contributed by atoms with Gasteiger partial charge < -0.3 is 14.5 Å². The Hall–Kier alpha value is -2.04. The molecule has 0 bridgehead atoms. The van der Waals surface area contributed by atoms with E-state index in [1.807, 2.05) is 47.9 Å². The second-order valence-corrected chi connectivity index (χ2v) is 7.38. The quantitative estimate of drug-likeness (QED) is 0.825. The maximum atomic E-state index is 13.0. The van der Waals surface area contributed by atoms with Gasteiger partial charge in [-0.15, -0.1) is 0 Å². The molecule has 1 aromatic rings. The monoisotopic (exact) mass is 344 g/mol. The molecule has 0 spiro atoms. The SMILES string of the molecule is CC(C)C(=O)N1CCCN(C(=O)c2ccccc2OCC2CC2)CC1. The first kappa shape index (κ1) is 17.8. The Labute approximate surface area is 149 Å². The second-order valence-electron chi connectivity index (χ2n) is 7.38. The minimum absolute atomic E-state index is 0.00111. The molecule has 1 aromatic carbocycles.